The van der Waals surface area contributed by atoms with Crippen molar-refractivity contribution in [3.8, 4) is 5.75 Å². The normalized spacial score (nSPS) is 13.0. The third-order valence-electron chi connectivity index (χ3n) is 3.78. The SMILES string of the molecule is COc1c(Cl)cc(C(=O)Nc2ccc(NC(=O)NC3CC3)cc2)cc1Cl. The Balaban J connectivity index is 1.63. The second-order valence-corrected chi connectivity index (χ2v) is 6.69. The van der Waals surface area contributed by atoms with E-state index in [1.807, 2.05) is 0 Å². The summed E-state index contributed by atoms with van der Waals surface area (Å²) < 4.78 is 5.07. The lowest BCUT2D eigenvalue weighted by molar-refractivity contribution is 0.102. The quantitative estimate of drug-likeness (QED) is 0.697. The first kappa shape index (κ1) is 18.4. The molecule has 136 valence electrons. The van der Waals surface area contributed by atoms with E-state index in [1.54, 1.807) is 24.3 Å². The highest BCUT2D eigenvalue weighted by atomic mass is 35.5. The Bertz CT molecular complexity index is 813. The molecule has 1 aliphatic rings. The minimum absolute atomic E-state index is 0.230. The van der Waals surface area contributed by atoms with E-state index in [1.165, 1.54) is 19.2 Å². The Labute approximate surface area is 160 Å². The summed E-state index contributed by atoms with van der Waals surface area (Å²) in [6, 6.07) is 9.82. The van der Waals surface area contributed by atoms with E-state index in [-0.39, 0.29) is 28.0 Å². The molecule has 0 unspecified atom stereocenters. The Morgan fingerprint density at radius 1 is 1.00 bits per heavy atom. The highest BCUT2D eigenvalue weighted by molar-refractivity contribution is 6.37. The fourth-order valence-corrected chi connectivity index (χ4v) is 2.95. The number of hydrogen-bond acceptors (Lipinski definition) is 3. The molecule has 3 N–H and O–H groups in total. The van der Waals surface area contributed by atoms with Crippen LogP contribution in [0.5, 0.6) is 5.75 Å². The highest BCUT2D eigenvalue weighted by Crippen LogP contribution is 2.34. The van der Waals surface area contributed by atoms with Crippen molar-refractivity contribution in [1.82, 2.24) is 5.32 Å². The van der Waals surface area contributed by atoms with E-state index in [2.05, 4.69) is 16.0 Å². The van der Waals surface area contributed by atoms with Gasteiger partial charge >= 0.3 is 6.03 Å². The summed E-state index contributed by atoms with van der Waals surface area (Å²) in [4.78, 5) is 24.1. The lowest BCUT2D eigenvalue weighted by atomic mass is 10.2. The minimum atomic E-state index is -0.358. The second kappa shape index (κ2) is 7.85. The van der Waals surface area contributed by atoms with Gasteiger partial charge in [0.2, 0.25) is 0 Å². The van der Waals surface area contributed by atoms with Crippen molar-refractivity contribution in [1.29, 1.82) is 0 Å². The van der Waals surface area contributed by atoms with Crippen LogP contribution >= 0.6 is 23.2 Å². The van der Waals surface area contributed by atoms with Gasteiger partial charge in [0.05, 0.1) is 17.2 Å². The fraction of sp³-hybridized carbons (Fsp3) is 0.222. The number of ether oxygens (including phenoxy) is 1. The largest absolute Gasteiger partial charge is 0.494 e. The lowest BCUT2D eigenvalue weighted by Crippen LogP contribution is -2.30. The van der Waals surface area contributed by atoms with E-state index >= 15 is 0 Å². The van der Waals surface area contributed by atoms with Crippen molar-refractivity contribution in [2.24, 2.45) is 0 Å². The van der Waals surface area contributed by atoms with Crippen LogP contribution < -0.4 is 20.7 Å². The van der Waals surface area contributed by atoms with Gasteiger partial charge in [-0.25, -0.2) is 4.79 Å². The highest BCUT2D eigenvalue weighted by Gasteiger charge is 2.23. The summed E-state index contributed by atoms with van der Waals surface area (Å²) in [5.74, 6) is -0.0339. The average molecular weight is 394 g/mol. The van der Waals surface area contributed by atoms with Gasteiger partial charge in [0.15, 0.2) is 5.75 Å². The maximum absolute atomic E-state index is 12.4. The molecule has 0 saturated heterocycles. The first-order chi connectivity index (χ1) is 12.5. The Morgan fingerprint density at radius 2 is 1.54 bits per heavy atom. The van der Waals surface area contributed by atoms with Crippen molar-refractivity contribution < 1.29 is 14.3 Å². The molecule has 0 radical (unpaired) electrons. The van der Waals surface area contributed by atoms with E-state index in [9.17, 15) is 9.59 Å². The maximum atomic E-state index is 12.4. The number of hydrogen-bond donors (Lipinski definition) is 3. The van der Waals surface area contributed by atoms with Gasteiger partial charge in [-0.05, 0) is 49.2 Å². The van der Waals surface area contributed by atoms with Crippen molar-refractivity contribution in [3.05, 3.63) is 52.0 Å². The number of anilines is 2. The van der Waals surface area contributed by atoms with E-state index in [0.717, 1.165) is 12.8 Å². The average Bonchev–Trinajstić information content (AvgIpc) is 3.40. The van der Waals surface area contributed by atoms with Crippen LogP contribution in [0, 0.1) is 0 Å². The molecule has 0 spiro atoms. The molecule has 1 saturated carbocycles. The standard InChI is InChI=1S/C18H17Cl2N3O3/c1-26-16-14(19)8-10(9-15(16)20)17(24)21-11-2-4-12(5-3-11)22-18(25)23-13-6-7-13/h2-5,8-9,13H,6-7H2,1H3,(H,21,24)(H2,22,23,25). The van der Waals surface area contributed by atoms with Crippen molar-refractivity contribution in [2.75, 3.05) is 17.7 Å². The van der Waals surface area contributed by atoms with Crippen LogP contribution in [0.3, 0.4) is 0 Å². The number of carbonyl (C=O) groups is 2. The molecule has 0 bridgehead atoms. The van der Waals surface area contributed by atoms with E-state index in [0.29, 0.717) is 22.7 Å². The first-order valence-electron chi connectivity index (χ1n) is 7.98. The Hall–Kier alpha value is -2.44. The number of urea groups is 1. The topological polar surface area (TPSA) is 79.5 Å². The molecular weight excluding hydrogens is 377 g/mol. The second-order valence-electron chi connectivity index (χ2n) is 5.88. The number of carbonyl (C=O) groups excluding carboxylic acids is 2. The van der Waals surface area contributed by atoms with Gasteiger partial charge in [0.1, 0.15) is 0 Å². The third kappa shape index (κ3) is 4.59. The Kier molecular flexibility index (Phi) is 5.54. The number of benzene rings is 2. The maximum Gasteiger partial charge on any atom is 0.319 e. The van der Waals surface area contributed by atoms with Gasteiger partial charge in [-0.3, -0.25) is 4.79 Å². The summed E-state index contributed by atoms with van der Waals surface area (Å²) in [5.41, 5.74) is 1.52. The molecule has 1 fully saturated rings. The summed E-state index contributed by atoms with van der Waals surface area (Å²) in [7, 11) is 1.45. The molecule has 2 aromatic carbocycles. The smallest absolute Gasteiger partial charge is 0.319 e. The number of methoxy groups -OCH3 is 1. The molecule has 3 amide bonds. The number of amides is 3. The molecule has 26 heavy (non-hydrogen) atoms. The summed E-state index contributed by atoms with van der Waals surface area (Å²) in [6.07, 6.45) is 2.05. The van der Waals surface area contributed by atoms with Crippen molar-refractivity contribution in [2.45, 2.75) is 18.9 Å². The van der Waals surface area contributed by atoms with E-state index in [4.69, 9.17) is 27.9 Å². The molecule has 8 heteroatoms. The molecular formula is C18H17Cl2N3O3. The molecule has 0 aromatic heterocycles. The fourth-order valence-electron chi connectivity index (χ4n) is 2.31. The van der Waals surface area contributed by atoms with Gasteiger partial charge in [-0.1, -0.05) is 23.2 Å². The summed E-state index contributed by atoms with van der Waals surface area (Å²) in [6.45, 7) is 0. The molecule has 0 heterocycles. The molecule has 1 aliphatic carbocycles. The summed E-state index contributed by atoms with van der Waals surface area (Å²) in [5, 5.41) is 8.84. The molecule has 0 atom stereocenters. The zero-order valence-electron chi connectivity index (χ0n) is 13.9. The monoisotopic (exact) mass is 393 g/mol. The predicted octanol–water partition coefficient (Wildman–Crippen LogP) is 4.54. The molecule has 2 aromatic rings. The van der Waals surface area contributed by atoms with Gasteiger partial charge < -0.3 is 20.7 Å². The zero-order valence-corrected chi connectivity index (χ0v) is 15.4. The van der Waals surface area contributed by atoms with Crippen LogP contribution in [-0.2, 0) is 0 Å². The first-order valence-corrected chi connectivity index (χ1v) is 8.74. The minimum Gasteiger partial charge on any atom is -0.494 e. The molecule has 0 aliphatic heterocycles. The van der Waals surface area contributed by atoms with Gasteiger partial charge in [0, 0.05) is 23.0 Å². The van der Waals surface area contributed by atoms with Gasteiger partial charge in [0.25, 0.3) is 5.91 Å². The number of rotatable bonds is 5. The van der Waals surface area contributed by atoms with Crippen LogP contribution in [0.2, 0.25) is 10.0 Å². The number of nitrogens with one attached hydrogen (secondary N) is 3. The van der Waals surface area contributed by atoms with Crippen LogP contribution in [0.4, 0.5) is 16.2 Å². The van der Waals surface area contributed by atoms with Gasteiger partial charge in [-0.2, -0.15) is 0 Å². The zero-order chi connectivity index (χ0) is 18.7. The summed E-state index contributed by atoms with van der Waals surface area (Å²) >= 11 is 12.1. The Morgan fingerprint density at radius 3 is 2.04 bits per heavy atom. The lowest BCUT2D eigenvalue weighted by Gasteiger charge is -2.10. The number of halogens is 2. The van der Waals surface area contributed by atoms with Crippen LogP contribution in [0.15, 0.2) is 36.4 Å². The van der Waals surface area contributed by atoms with Crippen LogP contribution in [0.1, 0.15) is 23.2 Å². The van der Waals surface area contributed by atoms with Gasteiger partial charge in [-0.15, -0.1) is 0 Å². The van der Waals surface area contributed by atoms with Crippen molar-refractivity contribution in [3.63, 3.8) is 0 Å². The molecule has 6 nitrogen and oxygen atoms in total. The van der Waals surface area contributed by atoms with E-state index < -0.39 is 0 Å². The predicted molar refractivity (Wildman–Crippen MR) is 103 cm³/mol. The van der Waals surface area contributed by atoms with Crippen LogP contribution in [0.25, 0.3) is 0 Å². The molecule has 3 rings (SSSR count). The third-order valence-corrected chi connectivity index (χ3v) is 4.34. The van der Waals surface area contributed by atoms with Crippen LogP contribution in [-0.4, -0.2) is 25.1 Å². The van der Waals surface area contributed by atoms with Crippen molar-refractivity contribution >= 4 is 46.5 Å².